The average Bonchev–Trinajstić information content (AvgIpc) is 3.08. The Labute approximate surface area is 182 Å². The number of carbonyl (C=O) groups is 3. The lowest BCUT2D eigenvalue weighted by atomic mass is 9.99. The van der Waals surface area contributed by atoms with Gasteiger partial charge in [-0.2, -0.15) is 13.2 Å². The van der Waals surface area contributed by atoms with E-state index >= 15 is 0 Å². The molecule has 10 heteroatoms. The second kappa shape index (κ2) is 9.05. The Hall–Kier alpha value is -3.30. The van der Waals surface area contributed by atoms with Gasteiger partial charge in [0.2, 0.25) is 5.91 Å². The third kappa shape index (κ3) is 4.79. The molecule has 2 aromatic rings. The molecule has 0 radical (unpaired) electrons. The van der Waals surface area contributed by atoms with E-state index in [1.165, 1.54) is 13.8 Å². The van der Waals surface area contributed by atoms with Crippen LogP contribution in [0.15, 0.2) is 24.4 Å². The molecule has 0 fully saturated rings. The topological polar surface area (TPSA) is 91.5 Å². The highest BCUT2D eigenvalue weighted by atomic mass is 19.4. The van der Waals surface area contributed by atoms with Gasteiger partial charge in [0.15, 0.2) is 0 Å². The maximum absolute atomic E-state index is 12.8. The van der Waals surface area contributed by atoms with Gasteiger partial charge in [-0.15, -0.1) is 0 Å². The molecule has 3 rings (SSSR count). The fourth-order valence-electron chi connectivity index (χ4n) is 3.65. The highest BCUT2D eigenvalue weighted by molar-refractivity contribution is 6.06. The molecule has 1 aliphatic heterocycles. The van der Waals surface area contributed by atoms with Gasteiger partial charge in [0.25, 0.3) is 5.78 Å². The first-order valence-electron chi connectivity index (χ1n) is 10.2. The Morgan fingerprint density at radius 2 is 1.97 bits per heavy atom. The summed E-state index contributed by atoms with van der Waals surface area (Å²) in [7, 11) is 0. The van der Waals surface area contributed by atoms with Gasteiger partial charge in [0, 0.05) is 22.8 Å². The average molecular weight is 451 g/mol. The second-order valence-electron chi connectivity index (χ2n) is 7.84. The number of benzene rings is 1. The summed E-state index contributed by atoms with van der Waals surface area (Å²) in [4.78, 5) is 41.0. The van der Waals surface area contributed by atoms with Crippen LogP contribution in [-0.2, 0) is 20.9 Å². The van der Waals surface area contributed by atoms with Crippen LogP contribution in [0.1, 0.15) is 42.4 Å². The van der Waals surface area contributed by atoms with Crippen molar-refractivity contribution in [3.05, 3.63) is 41.2 Å². The van der Waals surface area contributed by atoms with E-state index in [4.69, 9.17) is 4.74 Å². The molecule has 0 spiro atoms. The number of alkyl halides is 3. The van der Waals surface area contributed by atoms with Crippen LogP contribution in [0.3, 0.4) is 0 Å². The Morgan fingerprint density at radius 3 is 2.59 bits per heavy atom. The third-order valence-corrected chi connectivity index (χ3v) is 5.16. The summed E-state index contributed by atoms with van der Waals surface area (Å²) in [6.45, 7) is 4.88. The van der Waals surface area contributed by atoms with E-state index in [1.807, 2.05) is 6.07 Å². The van der Waals surface area contributed by atoms with Crippen LogP contribution in [0.25, 0.3) is 17.0 Å². The first-order chi connectivity index (χ1) is 15.0. The number of nitrogens with zero attached hydrogens (tertiary/aromatic N) is 1. The zero-order chi connectivity index (χ0) is 23.6. The molecular formula is C22H24F3N3O4. The first kappa shape index (κ1) is 23.4. The molecule has 0 saturated heterocycles. The summed E-state index contributed by atoms with van der Waals surface area (Å²) in [6, 6.07) is 3.61. The van der Waals surface area contributed by atoms with Crippen LogP contribution < -0.4 is 5.32 Å². The zero-order valence-corrected chi connectivity index (χ0v) is 17.9. The molecule has 2 N–H and O–H groups in total. The van der Waals surface area contributed by atoms with Gasteiger partial charge >= 0.3 is 12.1 Å². The van der Waals surface area contributed by atoms with E-state index in [-0.39, 0.29) is 19.7 Å². The predicted molar refractivity (Wildman–Crippen MR) is 112 cm³/mol. The number of aromatic nitrogens is 1. The lowest BCUT2D eigenvalue weighted by Crippen LogP contribution is -2.51. The number of carbonyl (C=O) groups excluding carboxylic acids is 3. The maximum Gasteiger partial charge on any atom is 0.452 e. The van der Waals surface area contributed by atoms with Gasteiger partial charge in [-0.05, 0) is 25.0 Å². The van der Waals surface area contributed by atoms with Gasteiger partial charge in [0.1, 0.15) is 0 Å². The number of fused-ring (bicyclic) bond motifs is 3. The number of ketones is 1. The van der Waals surface area contributed by atoms with Crippen molar-refractivity contribution in [1.29, 1.82) is 0 Å². The van der Waals surface area contributed by atoms with Gasteiger partial charge < -0.3 is 19.9 Å². The van der Waals surface area contributed by atoms with Gasteiger partial charge in [-0.1, -0.05) is 26.0 Å². The van der Waals surface area contributed by atoms with Crippen molar-refractivity contribution in [3.8, 4) is 0 Å². The Kier molecular flexibility index (Phi) is 6.61. The SMILES string of the molecule is CCOC(=O)c1cccc2c3c([nH]c12)CN(CC(=O)NC(C(=O)C(F)(F)F)C(C)C)C=C3. The molecule has 1 unspecified atom stereocenters. The fourth-order valence-corrected chi connectivity index (χ4v) is 3.65. The summed E-state index contributed by atoms with van der Waals surface area (Å²) < 4.78 is 43.5. The number of aromatic amines is 1. The zero-order valence-electron chi connectivity index (χ0n) is 17.9. The number of halogens is 3. The number of ether oxygens (including phenoxy) is 1. The van der Waals surface area contributed by atoms with Gasteiger partial charge in [-0.3, -0.25) is 9.59 Å². The Morgan fingerprint density at radius 1 is 1.25 bits per heavy atom. The van der Waals surface area contributed by atoms with Crippen LogP contribution in [0.4, 0.5) is 13.2 Å². The number of Topliss-reactive ketones (excluding diaryl/α,β-unsaturated/α-hetero) is 1. The van der Waals surface area contributed by atoms with E-state index in [0.29, 0.717) is 11.1 Å². The van der Waals surface area contributed by atoms with Crippen molar-refractivity contribution >= 4 is 34.6 Å². The standard InChI is InChI=1S/C22H24F3N3O4/c1-4-32-21(31)15-7-5-6-14-13-8-9-28(10-16(13)26-19(14)15)11-17(29)27-18(12(2)3)20(30)22(23,24)25/h5-9,12,18,26H,4,10-11H2,1-3H3,(H,27,29). The maximum atomic E-state index is 12.8. The third-order valence-electron chi connectivity index (χ3n) is 5.16. The number of nitrogens with one attached hydrogen (secondary N) is 2. The molecule has 0 saturated carbocycles. The predicted octanol–water partition coefficient (Wildman–Crippen LogP) is 3.40. The van der Waals surface area contributed by atoms with E-state index < -0.39 is 35.8 Å². The number of rotatable bonds is 7. The minimum atomic E-state index is -5.02. The van der Waals surface area contributed by atoms with Crippen LogP contribution >= 0.6 is 0 Å². The molecule has 0 aliphatic carbocycles. The lowest BCUT2D eigenvalue weighted by Gasteiger charge is -2.26. The molecule has 7 nitrogen and oxygen atoms in total. The molecule has 0 bridgehead atoms. The highest BCUT2D eigenvalue weighted by Crippen LogP contribution is 2.30. The minimum absolute atomic E-state index is 0.232. The van der Waals surface area contributed by atoms with Gasteiger partial charge in [-0.25, -0.2) is 4.79 Å². The quantitative estimate of drug-likeness (QED) is 0.630. The van der Waals surface area contributed by atoms with Crippen molar-refractivity contribution in [1.82, 2.24) is 15.2 Å². The summed E-state index contributed by atoms with van der Waals surface area (Å²) >= 11 is 0. The van der Waals surface area contributed by atoms with E-state index in [9.17, 15) is 27.6 Å². The number of hydrogen-bond donors (Lipinski definition) is 2. The summed E-state index contributed by atoms with van der Waals surface area (Å²) in [6.07, 6.45) is -1.61. The molecule has 1 amide bonds. The molecule has 1 aromatic carbocycles. The number of hydrogen-bond acceptors (Lipinski definition) is 5. The number of para-hydroxylation sites is 1. The normalized spacial score (nSPS) is 14.4. The van der Waals surface area contributed by atoms with Crippen molar-refractivity contribution in [3.63, 3.8) is 0 Å². The van der Waals surface area contributed by atoms with E-state index in [2.05, 4.69) is 10.3 Å². The Balaban J connectivity index is 1.75. The molecular weight excluding hydrogens is 427 g/mol. The van der Waals surface area contributed by atoms with Crippen LogP contribution in [0.5, 0.6) is 0 Å². The Bertz CT molecular complexity index is 1070. The van der Waals surface area contributed by atoms with E-state index in [0.717, 1.165) is 16.6 Å². The molecule has 2 heterocycles. The van der Waals surface area contributed by atoms with Crippen molar-refractivity contribution in [2.24, 2.45) is 5.92 Å². The van der Waals surface area contributed by atoms with Crippen molar-refractivity contribution in [2.45, 2.75) is 39.5 Å². The van der Waals surface area contributed by atoms with Crippen LogP contribution in [0.2, 0.25) is 0 Å². The second-order valence-corrected chi connectivity index (χ2v) is 7.84. The van der Waals surface area contributed by atoms with Crippen LogP contribution in [-0.4, -0.2) is 52.9 Å². The van der Waals surface area contributed by atoms with Gasteiger partial charge in [0.05, 0.1) is 36.8 Å². The number of esters is 1. The monoisotopic (exact) mass is 451 g/mol. The van der Waals surface area contributed by atoms with Crippen LogP contribution in [0, 0.1) is 5.92 Å². The lowest BCUT2D eigenvalue weighted by molar-refractivity contribution is -0.174. The summed E-state index contributed by atoms with van der Waals surface area (Å²) in [5.41, 5.74) is 2.61. The van der Waals surface area contributed by atoms with Crippen molar-refractivity contribution < 1.29 is 32.3 Å². The highest BCUT2D eigenvalue weighted by Gasteiger charge is 2.45. The smallest absolute Gasteiger partial charge is 0.452 e. The molecule has 1 aliphatic rings. The number of amides is 1. The molecule has 1 atom stereocenters. The number of H-pyrrole nitrogens is 1. The largest absolute Gasteiger partial charge is 0.462 e. The summed E-state index contributed by atoms with van der Waals surface area (Å²) in [5.74, 6) is -3.84. The minimum Gasteiger partial charge on any atom is -0.462 e. The molecule has 32 heavy (non-hydrogen) atoms. The molecule has 172 valence electrons. The fraction of sp³-hybridized carbons (Fsp3) is 0.409. The summed E-state index contributed by atoms with van der Waals surface area (Å²) in [5, 5.41) is 3.02. The first-order valence-corrected chi connectivity index (χ1v) is 10.2. The molecule has 1 aromatic heterocycles. The van der Waals surface area contributed by atoms with E-state index in [1.54, 1.807) is 36.2 Å². The van der Waals surface area contributed by atoms with Crippen molar-refractivity contribution in [2.75, 3.05) is 13.2 Å².